The van der Waals surface area contributed by atoms with Gasteiger partial charge < -0.3 is 5.11 Å². The number of aryl methyl sites for hydroxylation is 1. The lowest BCUT2D eigenvalue weighted by Gasteiger charge is -2.22. The van der Waals surface area contributed by atoms with Crippen molar-refractivity contribution in [3.8, 4) is 5.75 Å². The van der Waals surface area contributed by atoms with Gasteiger partial charge in [-0.2, -0.15) is 0 Å². The summed E-state index contributed by atoms with van der Waals surface area (Å²) in [5.41, 5.74) is 5.96. The van der Waals surface area contributed by atoms with E-state index in [-0.39, 0.29) is 11.8 Å². The zero-order valence-electron chi connectivity index (χ0n) is 22.3. The van der Waals surface area contributed by atoms with Crippen LogP contribution in [0.1, 0.15) is 125 Å². The van der Waals surface area contributed by atoms with E-state index in [1.165, 1.54) is 80.9 Å². The molecule has 0 aliphatic carbocycles. The van der Waals surface area contributed by atoms with Crippen molar-refractivity contribution >= 4 is 0 Å². The summed E-state index contributed by atoms with van der Waals surface area (Å²) in [4.78, 5) is 0. The minimum absolute atomic E-state index is 0.158. The molecule has 0 aliphatic rings. The van der Waals surface area contributed by atoms with Crippen LogP contribution in [-0.2, 0) is 6.42 Å². The van der Waals surface area contributed by atoms with Crippen molar-refractivity contribution in [2.45, 2.75) is 103 Å². The van der Waals surface area contributed by atoms with Gasteiger partial charge in [0.1, 0.15) is 5.75 Å². The third-order valence-electron chi connectivity index (χ3n) is 7.58. The predicted molar refractivity (Wildman–Crippen MR) is 152 cm³/mol. The summed E-state index contributed by atoms with van der Waals surface area (Å²) >= 11 is 0. The maximum absolute atomic E-state index is 11.4. The molecule has 35 heavy (non-hydrogen) atoms. The number of unbranched alkanes of at least 4 members (excludes halogenated alkanes) is 9. The lowest BCUT2D eigenvalue weighted by Crippen LogP contribution is -2.04. The van der Waals surface area contributed by atoms with Crippen LogP contribution in [0.3, 0.4) is 0 Å². The molecule has 1 nitrogen and oxygen atoms in total. The molecule has 0 saturated carbocycles. The quantitative estimate of drug-likeness (QED) is 0.219. The van der Waals surface area contributed by atoms with Crippen molar-refractivity contribution < 1.29 is 5.11 Å². The van der Waals surface area contributed by atoms with Crippen LogP contribution in [0.5, 0.6) is 5.75 Å². The Labute approximate surface area is 214 Å². The molecular weight excluding hydrogens is 424 g/mol. The molecule has 188 valence electrons. The molecule has 0 radical (unpaired) electrons. The molecule has 0 bridgehead atoms. The molecule has 0 aliphatic heterocycles. The van der Waals surface area contributed by atoms with E-state index in [0.717, 1.165) is 17.5 Å². The fourth-order valence-corrected chi connectivity index (χ4v) is 5.21. The van der Waals surface area contributed by atoms with Gasteiger partial charge in [0.25, 0.3) is 0 Å². The Hall–Kier alpha value is -2.54. The van der Waals surface area contributed by atoms with Crippen molar-refractivity contribution in [3.63, 3.8) is 0 Å². The first-order valence-electron chi connectivity index (χ1n) is 14.1. The predicted octanol–water partition coefficient (Wildman–Crippen LogP) is 10.2. The monoisotopic (exact) mass is 470 g/mol. The third kappa shape index (κ3) is 8.27. The molecule has 2 atom stereocenters. The first kappa shape index (κ1) is 27.1. The molecule has 0 saturated heterocycles. The Morgan fingerprint density at radius 2 is 0.971 bits per heavy atom. The van der Waals surface area contributed by atoms with E-state index in [9.17, 15) is 5.11 Å². The minimum Gasteiger partial charge on any atom is -0.507 e. The van der Waals surface area contributed by atoms with Crippen LogP contribution in [0.4, 0.5) is 0 Å². The van der Waals surface area contributed by atoms with E-state index in [0.29, 0.717) is 5.75 Å². The van der Waals surface area contributed by atoms with Gasteiger partial charge in [-0.05, 0) is 29.5 Å². The van der Waals surface area contributed by atoms with Crippen LogP contribution in [0.2, 0.25) is 0 Å². The molecule has 0 amide bonds. The van der Waals surface area contributed by atoms with Gasteiger partial charge in [0.15, 0.2) is 0 Å². The van der Waals surface area contributed by atoms with Crippen LogP contribution >= 0.6 is 0 Å². The van der Waals surface area contributed by atoms with E-state index < -0.39 is 0 Å². The molecule has 2 unspecified atom stereocenters. The Kier molecular flexibility index (Phi) is 11.4. The molecule has 3 rings (SSSR count). The largest absolute Gasteiger partial charge is 0.507 e. The number of rotatable bonds is 15. The number of aromatic hydroxyl groups is 1. The van der Waals surface area contributed by atoms with E-state index in [4.69, 9.17) is 0 Å². The third-order valence-corrected chi connectivity index (χ3v) is 7.58. The molecule has 1 heteroatoms. The summed E-state index contributed by atoms with van der Waals surface area (Å²) in [6, 6.07) is 25.7. The normalized spacial score (nSPS) is 13.0. The first-order valence-corrected chi connectivity index (χ1v) is 14.1. The van der Waals surface area contributed by atoms with Crippen molar-refractivity contribution in [1.82, 2.24) is 0 Å². The number of hydrogen-bond acceptors (Lipinski definition) is 1. The van der Waals surface area contributed by atoms with Crippen LogP contribution in [0.25, 0.3) is 0 Å². The molecule has 3 aromatic carbocycles. The van der Waals surface area contributed by atoms with Crippen LogP contribution < -0.4 is 0 Å². The molecule has 0 fully saturated rings. The summed E-state index contributed by atoms with van der Waals surface area (Å²) in [6.45, 7) is 6.71. The highest BCUT2D eigenvalue weighted by Crippen LogP contribution is 2.40. The summed E-state index contributed by atoms with van der Waals surface area (Å²) in [5, 5.41) is 11.4. The van der Waals surface area contributed by atoms with Crippen molar-refractivity contribution in [2.75, 3.05) is 0 Å². The van der Waals surface area contributed by atoms with E-state index >= 15 is 0 Å². The molecule has 0 heterocycles. The zero-order chi connectivity index (χ0) is 24.9. The summed E-state index contributed by atoms with van der Waals surface area (Å²) in [5.74, 6) is 0.778. The number of phenolic OH excluding ortho intramolecular Hbond substituents is 1. The maximum atomic E-state index is 11.4. The second kappa shape index (κ2) is 14.8. The average molecular weight is 471 g/mol. The van der Waals surface area contributed by atoms with Crippen LogP contribution in [0, 0.1) is 0 Å². The number of benzene rings is 3. The second-order valence-electron chi connectivity index (χ2n) is 10.3. The Morgan fingerprint density at radius 1 is 0.571 bits per heavy atom. The summed E-state index contributed by atoms with van der Waals surface area (Å²) < 4.78 is 0. The SMILES string of the molecule is CCCCCCCCCCCCc1cc(C(C)c2ccccc2)c(O)c(C(C)c2ccccc2)c1. The highest BCUT2D eigenvalue weighted by Gasteiger charge is 2.21. The fraction of sp³-hybridized carbons (Fsp3) is 0.471. The van der Waals surface area contributed by atoms with E-state index in [1.807, 2.05) is 0 Å². The maximum Gasteiger partial charge on any atom is 0.123 e. The molecule has 0 aromatic heterocycles. The second-order valence-corrected chi connectivity index (χ2v) is 10.3. The van der Waals surface area contributed by atoms with Crippen molar-refractivity contribution in [1.29, 1.82) is 0 Å². The molecule has 3 aromatic rings. The van der Waals surface area contributed by atoms with Gasteiger partial charge in [-0.25, -0.2) is 0 Å². The standard InChI is InChI=1S/C34H46O/c1-4-5-6-7-8-9-10-11-12-15-20-29-25-32(27(2)30-21-16-13-17-22-30)34(35)33(26-29)28(3)31-23-18-14-19-24-31/h13-14,16-19,21-28,35H,4-12,15,20H2,1-3H3. The Bertz CT molecular complexity index is 909. The Balaban J connectivity index is 1.68. The van der Waals surface area contributed by atoms with Gasteiger partial charge in [-0.1, -0.05) is 151 Å². The smallest absolute Gasteiger partial charge is 0.123 e. The average Bonchev–Trinajstić information content (AvgIpc) is 2.90. The highest BCUT2D eigenvalue weighted by atomic mass is 16.3. The first-order chi connectivity index (χ1) is 17.1. The van der Waals surface area contributed by atoms with Gasteiger partial charge in [-0.3, -0.25) is 0 Å². The number of hydrogen-bond donors (Lipinski definition) is 1. The number of phenols is 1. The van der Waals surface area contributed by atoms with Crippen LogP contribution in [0.15, 0.2) is 72.8 Å². The zero-order valence-corrected chi connectivity index (χ0v) is 22.3. The fourth-order valence-electron chi connectivity index (χ4n) is 5.21. The van der Waals surface area contributed by atoms with Gasteiger partial charge in [0.2, 0.25) is 0 Å². The summed E-state index contributed by atoms with van der Waals surface area (Å²) in [7, 11) is 0. The van der Waals surface area contributed by atoms with Crippen molar-refractivity contribution in [2.24, 2.45) is 0 Å². The van der Waals surface area contributed by atoms with Gasteiger partial charge >= 0.3 is 0 Å². The lowest BCUT2D eigenvalue weighted by atomic mass is 9.84. The van der Waals surface area contributed by atoms with Crippen LogP contribution in [-0.4, -0.2) is 5.11 Å². The highest BCUT2D eigenvalue weighted by molar-refractivity contribution is 5.52. The van der Waals surface area contributed by atoms with Gasteiger partial charge in [-0.15, -0.1) is 0 Å². The molecule has 0 spiro atoms. The molecule has 1 N–H and O–H groups in total. The van der Waals surface area contributed by atoms with Gasteiger partial charge in [0, 0.05) is 23.0 Å². The Morgan fingerprint density at radius 3 is 1.40 bits per heavy atom. The minimum atomic E-state index is 0.158. The lowest BCUT2D eigenvalue weighted by molar-refractivity contribution is 0.456. The summed E-state index contributed by atoms with van der Waals surface area (Å²) in [6.07, 6.45) is 14.6. The van der Waals surface area contributed by atoms with E-state index in [2.05, 4.69) is 93.6 Å². The van der Waals surface area contributed by atoms with E-state index in [1.54, 1.807) is 0 Å². The molecular formula is C34H46O. The van der Waals surface area contributed by atoms with Crippen molar-refractivity contribution in [3.05, 3.63) is 101 Å². The van der Waals surface area contributed by atoms with Gasteiger partial charge in [0.05, 0.1) is 0 Å². The topological polar surface area (TPSA) is 20.2 Å².